The molecule has 1 fully saturated rings. The molecule has 2 heterocycles. The van der Waals surface area contributed by atoms with E-state index in [9.17, 15) is 9.59 Å². The minimum absolute atomic E-state index is 0.0653. The van der Waals surface area contributed by atoms with Gasteiger partial charge in [0, 0.05) is 32.4 Å². The van der Waals surface area contributed by atoms with Crippen LogP contribution in [0.15, 0.2) is 42.5 Å². The van der Waals surface area contributed by atoms with Crippen molar-refractivity contribution >= 4 is 28.8 Å². The summed E-state index contributed by atoms with van der Waals surface area (Å²) in [7, 11) is 5.05. The number of amides is 2. The van der Waals surface area contributed by atoms with E-state index < -0.39 is 5.54 Å². The highest BCUT2D eigenvalue weighted by atomic mass is 16.2. The number of hydrogen-bond donors (Lipinski definition) is 2. The number of nitrogens with one attached hydrogen (secondary N) is 2. The topological polar surface area (TPSA) is 94.3 Å². The number of fused-ring (bicyclic) bond motifs is 1. The molecule has 2 aromatic carbocycles. The lowest BCUT2D eigenvalue weighted by atomic mass is 9.86. The Bertz CT molecular complexity index is 1210. The zero-order valence-electron chi connectivity index (χ0n) is 18.4. The van der Waals surface area contributed by atoms with Crippen molar-refractivity contribution in [1.29, 1.82) is 5.41 Å². The highest BCUT2D eigenvalue weighted by Gasteiger charge is 2.38. The van der Waals surface area contributed by atoms with E-state index in [2.05, 4.69) is 10.3 Å². The molecule has 8 nitrogen and oxygen atoms in total. The Morgan fingerprint density at radius 3 is 2.65 bits per heavy atom. The van der Waals surface area contributed by atoms with Crippen LogP contribution in [0.25, 0.3) is 16.7 Å². The summed E-state index contributed by atoms with van der Waals surface area (Å²) < 4.78 is 2.04. The Morgan fingerprint density at radius 1 is 1.23 bits per heavy atom. The van der Waals surface area contributed by atoms with Crippen molar-refractivity contribution in [2.45, 2.75) is 25.8 Å². The number of benzene rings is 2. The zero-order valence-corrected chi connectivity index (χ0v) is 18.4. The monoisotopic (exact) mass is 418 g/mol. The van der Waals surface area contributed by atoms with E-state index in [1.54, 1.807) is 26.0 Å². The zero-order chi connectivity index (χ0) is 22.5. The summed E-state index contributed by atoms with van der Waals surface area (Å²) >= 11 is 0. The van der Waals surface area contributed by atoms with Crippen LogP contribution in [0, 0.1) is 12.3 Å². The van der Waals surface area contributed by atoms with Crippen LogP contribution in [0.2, 0.25) is 0 Å². The Morgan fingerprint density at radius 2 is 1.97 bits per heavy atom. The number of hydrogen-bond acceptors (Lipinski definition) is 4. The van der Waals surface area contributed by atoms with Gasteiger partial charge >= 0.3 is 0 Å². The van der Waals surface area contributed by atoms with Crippen molar-refractivity contribution in [3.05, 3.63) is 59.4 Å². The van der Waals surface area contributed by atoms with Gasteiger partial charge in [0.2, 0.25) is 5.91 Å². The highest BCUT2D eigenvalue weighted by Crippen LogP contribution is 2.31. The quantitative estimate of drug-likeness (QED) is 0.684. The van der Waals surface area contributed by atoms with Crippen LogP contribution in [-0.2, 0) is 10.3 Å². The Kier molecular flexibility index (Phi) is 4.80. The summed E-state index contributed by atoms with van der Waals surface area (Å²) in [6.45, 7) is 3.86. The number of imidazole rings is 1. The molecule has 0 unspecified atom stereocenters. The van der Waals surface area contributed by atoms with E-state index in [1.165, 1.54) is 4.90 Å². The van der Waals surface area contributed by atoms with Crippen molar-refractivity contribution in [3.8, 4) is 5.69 Å². The van der Waals surface area contributed by atoms with Gasteiger partial charge in [-0.1, -0.05) is 12.1 Å². The largest absolute Gasteiger partial charge is 0.346 e. The minimum Gasteiger partial charge on any atom is -0.346 e. The van der Waals surface area contributed by atoms with E-state index >= 15 is 0 Å². The number of nitrogens with zero attached hydrogens (tertiary/aromatic N) is 4. The molecule has 1 atom stereocenters. The van der Waals surface area contributed by atoms with Crippen LogP contribution in [0.3, 0.4) is 0 Å². The number of carbonyl (C=O) groups excluding carboxylic acids is 2. The molecule has 1 aliphatic rings. The fraction of sp³-hybridized carbons (Fsp3) is 0.304. The molecular weight excluding hydrogens is 392 g/mol. The van der Waals surface area contributed by atoms with E-state index in [1.807, 2.05) is 60.9 Å². The molecule has 160 valence electrons. The predicted molar refractivity (Wildman–Crippen MR) is 119 cm³/mol. The minimum atomic E-state index is -0.674. The smallest absolute Gasteiger partial charge is 0.253 e. The summed E-state index contributed by atoms with van der Waals surface area (Å²) in [4.78, 5) is 32.2. The SMILES string of the molecule is Cc1nc2cc(C(=O)N(C)C)ccc2n1-c1cccc([C@]2(C)CC(=O)N(C)C(=N)N2)c1. The maximum Gasteiger partial charge on any atom is 0.253 e. The average Bonchev–Trinajstić information content (AvgIpc) is 3.06. The Hall–Kier alpha value is -3.68. The van der Waals surface area contributed by atoms with E-state index in [-0.39, 0.29) is 24.2 Å². The molecule has 0 spiro atoms. The second-order valence-corrected chi connectivity index (χ2v) is 8.38. The number of carbonyl (C=O) groups is 2. The molecule has 1 aromatic heterocycles. The molecule has 2 amide bonds. The van der Waals surface area contributed by atoms with Gasteiger partial charge in [0.15, 0.2) is 5.96 Å². The molecule has 4 rings (SSSR count). The normalized spacial score (nSPS) is 18.9. The summed E-state index contributed by atoms with van der Waals surface area (Å²) in [5.41, 5.74) is 3.39. The van der Waals surface area contributed by atoms with Crippen molar-refractivity contribution in [3.63, 3.8) is 0 Å². The summed E-state index contributed by atoms with van der Waals surface area (Å²) in [6, 6.07) is 13.4. The van der Waals surface area contributed by atoms with E-state index in [4.69, 9.17) is 5.41 Å². The maximum absolute atomic E-state index is 12.4. The number of aryl methyl sites for hydroxylation is 1. The molecule has 2 N–H and O–H groups in total. The third-order valence-electron chi connectivity index (χ3n) is 5.83. The van der Waals surface area contributed by atoms with E-state index in [0.29, 0.717) is 5.56 Å². The predicted octanol–water partition coefficient (Wildman–Crippen LogP) is 2.64. The third-order valence-corrected chi connectivity index (χ3v) is 5.83. The van der Waals surface area contributed by atoms with Crippen LogP contribution in [0.5, 0.6) is 0 Å². The van der Waals surface area contributed by atoms with Gasteiger partial charge in [-0.25, -0.2) is 4.98 Å². The number of rotatable bonds is 3. The van der Waals surface area contributed by atoms with Gasteiger partial charge < -0.3 is 10.2 Å². The second-order valence-electron chi connectivity index (χ2n) is 8.38. The first-order valence-corrected chi connectivity index (χ1v) is 10.1. The van der Waals surface area contributed by atoms with Crippen molar-refractivity contribution in [2.75, 3.05) is 21.1 Å². The lowest BCUT2D eigenvalue weighted by Crippen LogP contribution is -2.58. The van der Waals surface area contributed by atoms with Crippen LogP contribution >= 0.6 is 0 Å². The lowest BCUT2D eigenvalue weighted by molar-refractivity contribution is -0.129. The van der Waals surface area contributed by atoms with Gasteiger partial charge in [0.05, 0.1) is 23.0 Å². The van der Waals surface area contributed by atoms with E-state index in [0.717, 1.165) is 28.1 Å². The second kappa shape index (κ2) is 7.23. The number of guanidine groups is 1. The van der Waals surface area contributed by atoms with Crippen LogP contribution in [0.4, 0.5) is 0 Å². The average molecular weight is 419 g/mol. The molecule has 0 radical (unpaired) electrons. The fourth-order valence-electron chi connectivity index (χ4n) is 4.02. The molecule has 8 heteroatoms. The highest BCUT2D eigenvalue weighted by molar-refractivity contribution is 5.99. The van der Waals surface area contributed by atoms with Gasteiger partial charge in [-0.3, -0.25) is 24.5 Å². The standard InChI is InChI=1S/C23H26N6O2/c1-14-25-18-11-15(21(31)27(3)4)9-10-19(18)29(14)17-8-6-7-16(12-17)23(2)13-20(30)28(5)22(24)26-23/h6-12H,13H2,1-5H3,(H2,24,26)/t23-/m0/s1. The molecule has 0 saturated carbocycles. The molecule has 0 aliphatic carbocycles. The van der Waals surface area contributed by atoms with Gasteiger partial charge in [-0.2, -0.15) is 0 Å². The van der Waals surface area contributed by atoms with Gasteiger partial charge in [-0.05, 0) is 49.7 Å². The van der Waals surface area contributed by atoms with Crippen LogP contribution < -0.4 is 5.32 Å². The summed E-state index contributed by atoms with van der Waals surface area (Å²) in [6.07, 6.45) is 0.259. The first kappa shape index (κ1) is 20.6. The molecule has 3 aromatic rings. The molecule has 31 heavy (non-hydrogen) atoms. The van der Waals surface area contributed by atoms with Crippen molar-refractivity contribution in [2.24, 2.45) is 0 Å². The molecular formula is C23H26N6O2. The maximum atomic E-state index is 12.4. The molecule has 0 bridgehead atoms. The summed E-state index contributed by atoms with van der Waals surface area (Å²) in [5, 5.41) is 11.3. The Balaban J connectivity index is 1.78. The summed E-state index contributed by atoms with van der Waals surface area (Å²) in [5.74, 6) is 0.724. The molecule has 1 saturated heterocycles. The third kappa shape index (κ3) is 3.43. The fourth-order valence-corrected chi connectivity index (χ4v) is 4.02. The van der Waals surface area contributed by atoms with Crippen LogP contribution in [0.1, 0.15) is 35.1 Å². The van der Waals surface area contributed by atoms with Crippen molar-refractivity contribution in [1.82, 2.24) is 24.7 Å². The van der Waals surface area contributed by atoms with Crippen molar-refractivity contribution < 1.29 is 9.59 Å². The van der Waals surface area contributed by atoms with Gasteiger partial charge in [-0.15, -0.1) is 0 Å². The lowest BCUT2D eigenvalue weighted by Gasteiger charge is -2.39. The Labute approximate surface area is 181 Å². The first-order valence-electron chi connectivity index (χ1n) is 10.1. The van der Waals surface area contributed by atoms with Gasteiger partial charge in [0.1, 0.15) is 5.82 Å². The van der Waals surface area contributed by atoms with Crippen LogP contribution in [-0.4, -0.2) is 58.3 Å². The number of aromatic nitrogens is 2. The van der Waals surface area contributed by atoms with Gasteiger partial charge in [0.25, 0.3) is 5.91 Å². The first-order chi connectivity index (χ1) is 14.6. The molecule has 1 aliphatic heterocycles.